The molecule has 0 spiro atoms. The van der Waals surface area contributed by atoms with E-state index in [4.69, 9.17) is 4.74 Å². The van der Waals surface area contributed by atoms with Gasteiger partial charge in [0.15, 0.2) is 0 Å². The molecule has 0 amide bonds. The van der Waals surface area contributed by atoms with E-state index in [2.05, 4.69) is 9.97 Å². The number of hydrogen-bond acceptors (Lipinski definition) is 4. The zero-order valence-corrected chi connectivity index (χ0v) is 19.3. The average molecular weight is 496 g/mol. The summed E-state index contributed by atoms with van der Waals surface area (Å²) in [5.74, 6) is 0.446. The molecular weight excluding hydrogens is 476 g/mol. The van der Waals surface area contributed by atoms with E-state index in [-0.39, 0.29) is 12.3 Å². The second kappa shape index (κ2) is 8.78. The predicted octanol–water partition coefficient (Wildman–Crippen LogP) is 5.61. The maximum Gasteiger partial charge on any atom is 0.416 e. The van der Waals surface area contributed by atoms with E-state index < -0.39 is 24.1 Å². The number of imidazole rings is 1. The molecule has 184 valence electrons. The number of alkyl halides is 4. The predicted molar refractivity (Wildman–Crippen MR) is 128 cm³/mol. The summed E-state index contributed by atoms with van der Waals surface area (Å²) in [4.78, 5) is 22.0. The lowest BCUT2D eigenvalue weighted by Crippen LogP contribution is -2.21. The number of halogens is 4. The van der Waals surface area contributed by atoms with Gasteiger partial charge in [0.05, 0.1) is 39.7 Å². The Kier molecular flexibility index (Phi) is 5.74. The smallest absolute Gasteiger partial charge is 0.416 e. The van der Waals surface area contributed by atoms with Crippen molar-refractivity contribution in [2.45, 2.75) is 13.1 Å². The van der Waals surface area contributed by atoms with Gasteiger partial charge in [-0.15, -0.1) is 0 Å². The summed E-state index contributed by atoms with van der Waals surface area (Å²) in [7, 11) is 1.55. The molecule has 0 N–H and O–H groups in total. The van der Waals surface area contributed by atoms with Gasteiger partial charge in [0.25, 0.3) is 0 Å². The molecule has 3 heterocycles. The first-order chi connectivity index (χ1) is 17.2. The van der Waals surface area contributed by atoms with Crippen molar-refractivity contribution in [2.24, 2.45) is 7.05 Å². The number of rotatable bonds is 5. The average Bonchev–Trinajstić information content (AvgIpc) is 3.13. The van der Waals surface area contributed by atoms with Gasteiger partial charge in [-0.1, -0.05) is 12.1 Å². The van der Waals surface area contributed by atoms with Gasteiger partial charge in [-0.05, 0) is 48.9 Å². The van der Waals surface area contributed by atoms with Crippen LogP contribution in [0.3, 0.4) is 0 Å². The van der Waals surface area contributed by atoms with Crippen molar-refractivity contribution in [1.82, 2.24) is 19.1 Å². The topological polar surface area (TPSA) is 61.9 Å². The van der Waals surface area contributed by atoms with Gasteiger partial charge in [-0.25, -0.2) is 9.18 Å². The van der Waals surface area contributed by atoms with Gasteiger partial charge in [-0.3, -0.25) is 19.1 Å². The van der Waals surface area contributed by atoms with Crippen molar-refractivity contribution in [2.75, 3.05) is 13.3 Å². The first kappa shape index (κ1) is 23.5. The van der Waals surface area contributed by atoms with Crippen molar-refractivity contribution in [3.8, 4) is 22.6 Å². The van der Waals surface area contributed by atoms with Crippen molar-refractivity contribution >= 4 is 21.9 Å². The number of fused-ring (bicyclic) bond motifs is 3. The van der Waals surface area contributed by atoms with Crippen LogP contribution in [0.5, 0.6) is 5.75 Å². The summed E-state index contributed by atoms with van der Waals surface area (Å²) in [6, 6.07) is 11.8. The number of hydrogen-bond donors (Lipinski definition) is 0. The molecule has 0 aliphatic carbocycles. The van der Waals surface area contributed by atoms with Crippen molar-refractivity contribution in [3.05, 3.63) is 82.7 Å². The SMILES string of the molecule is Cc1ncc(-c2ccc3ncc4c(c3c2)n(-c2cccc(C(F)(F)F)c2)c(=O)n4C)cc1OCCF. The molecule has 36 heavy (non-hydrogen) atoms. The van der Waals surface area contributed by atoms with Crippen LogP contribution < -0.4 is 10.4 Å². The Labute approximate surface area is 202 Å². The number of aromatic nitrogens is 4. The van der Waals surface area contributed by atoms with Gasteiger partial charge >= 0.3 is 11.9 Å². The van der Waals surface area contributed by atoms with Crippen molar-refractivity contribution in [3.63, 3.8) is 0 Å². The zero-order valence-electron chi connectivity index (χ0n) is 19.3. The monoisotopic (exact) mass is 496 g/mol. The van der Waals surface area contributed by atoms with Crippen LogP contribution in [0.1, 0.15) is 11.3 Å². The molecule has 0 unspecified atom stereocenters. The minimum absolute atomic E-state index is 0.0947. The Morgan fingerprint density at radius 1 is 1.00 bits per heavy atom. The summed E-state index contributed by atoms with van der Waals surface area (Å²) >= 11 is 0. The summed E-state index contributed by atoms with van der Waals surface area (Å²) < 4.78 is 60.9. The molecule has 2 aromatic carbocycles. The summed E-state index contributed by atoms with van der Waals surface area (Å²) in [5.41, 5.74) is 2.23. The Hall–Kier alpha value is -4.21. The van der Waals surface area contributed by atoms with Gasteiger partial charge in [0.2, 0.25) is 0 Å². The molecule has 6 nitrogen and oxygen atoms in total. The summed E-state index contributed by atoms with van der Waals surface area (Å²) in [5, 5.41) is 0.576. The third-order valence-electron chi connectivity index (χ3n) is 6.02. The van der Waals surface area contributed by atoms with Crippen LogP contribution in [-0.2, 0) is 13.2 Å². The van der Waals surface area contributed by atoms with Crippen molar-refractivity contribution in [1.29, 1.82) is 0 Å². The van der Waals surface area contributed by atoms with Crippen LogP contribution >= 0.6 is 0 Å². The van der Waals surface area contributed by atoms with E-state index in [1.54, 1.807) is 38.4 Å². The van der Waals surface area contributed by atoms with Crippen LogP contribution in [0.2, 0.25) is 0 Å². The summed E-state index contributed by atoms with van der Waals surface area (Å²) in [6.45, 7) is 1.02. The number of aryl methyl sites for hydroxylation is 2. The molecule has 0 saturated heterocycles. The number of benzene rings is 2. The second-order valence-electron chi connectivity index (χ2n) is 8.29. The van der Waals surface area contributed by atoms with E-state index in [1.165, 1.54) is 27.5 Å². The largest absolute Gasteiger partial charge is 0.489 e. The quantitative estimate of drug-likeness (QED) is 0.297. The van der Waals surface area contributed by atoms with Crippen LogP contribution in [0.25, 0.3) is 38.8 Å². The summed E-state index contributed by atoms with van der Waals surface area (Å²) in [6.07, 6.45) is -1.38. The molecule has 0 fully saturated rings. The first-order valence-electron chi connectivity index (χ1n) is 11.0. The maximum absolute atomic E-state index is 13.4. The van der Waals surface area contributed by atoms with Crippen LogP contribution in [0.4, 0.5) is 17.6 Å². The standard InChI is InChI=1S/C26H20F4N4O2/c1-15-23(36-9-8-27)11-17(13-31-15)16-6-7-21-20(10-16)24-22(14-32-21)33(2)25(35)34(24)19-5-3-4-18(12-19)26(28,29)30/h3-7,10-14H,8-9H2,1-2H3. The molecule has 5 rings (SSSR count). The van der Waals surface area contributed by atoms with Gasteiger partial charge in [0, 0.05) is 24.2 Å². The minimum Gasteiger partial charge on any atom is -0.489 e. The van der Waals surface area contributed by atoms with Gasteiger partial charge < -0.3 is 4.74 Å². The second-order valence-corrected chi connectivity index (χ2v) is 8.29. The van der Waals surface area contributed by atoms with E-state index in [1.807, 2.05) is 6.07 Å². The van der Waals surface area contributed by atoms with E-state index in [0.717, 1.165) is 17.7 Å². The molecule has 10 heteroatoms. The maximum atomic E-state index is 13.4. The minimum atomic E-state index is -4.55. The number of nitrogens with zero attached hydrogens (tertiary/aromatic N) is 4. The Morgan fingerprint density at radius 3 is 2.56 bits per heavy atom. The molecule has 0 atom stereocenters. The number of ether oxygens (including phenoxy) is 1. The highest BCUT2D eigenvalue weighted by molar-refractivity contribution is 6.04. The lowest BCUT2D eigenvalue weighted by molar-refractivity contribution is -0.137. The fourth-order valence-corrected chi connectivity index (χ4v) is 4.20. The molecule has 0 radical (unpaired) electrons. The lowest BCUT2D eigenvalue weighted by Gasteiger charge is -2.12. The molecule has 0 saturated carbocycles. The normalized spacial score (nSPS) is 11.9. The Bertz CT molecular complexity index is 1670. The van der Waals surface area contributed by atoms with Gasteiger partial charge in [0.1, 0.15) is 19.0 Å². The molecule has 0 aliphatic heterocycles. The van der Waals surface area contributed by atoms with Crippen LogP contribution in [0, 0.1) is 6.92 Å². The third-order valence-corrected chi connectivity index (χ3v) is 6.02. The van der Waals surface area contributed by atoms with E-state index in [0.29, 0.717) is 38.9 Å². The molecular formula is C26H20F4N4O2. The Balaban J connectivity index is 1.76. The molecule has 0 bridgehead atoms. The van der Waals surface area contributed by atoms with Gasteiger partial charge in [-0.2, -0.15) is 13.2 Å². The van der Waals surface area contributed by atoms with Crippen LogP contribution in [0.15, 0.2) is 65.7 Å². The highest BCUT2D eigenvalue weighted by Gasteiger charge is 2.31. The third kappa shape index (κ3) is 3.98. The number of pyridine rings is 2. The highest BCUT2D eigenvalue weighted by Crippen LogP contribution is 2.33. The van der Waals surface area contributed by atoms with E-state index in [9.17, 15) is 22.4 Å². The molecule has 3 aromatic heterocycles. The molecule has 5 aromatic rings. The lowest BCUT2D eigenvalue weighted by atomic mass is 10.0. The fraction of sp³-hybridized carbons (Fsp3) is 0.192. The fourth-order valence-electron chi connectivity index (χ4n) is 4.20. The zero-order chi connectivity index (χ0) is 25.6. The highest BCUT2D eigenvalue weighted by atomic mass is 19.4. The van der Waals surface area contributed by atoms with Crippen LogP contribution in [-0.4, -0.2) is 32.4 Å². The molecule has 0 aliphatic rings. The van der Waals surface area contributed by atoms with E-state index >= 15 is 0 Å². The first-order valence-corrected chi connectivity index (χ1v) is 11.0. The Morgan fingerprint density at radius 2 is 1.81 bits per heavy atom. The van der Waals surface area contributed by atoms with Crippen molar-refractivity contribution < 1.29 is 22.3 Å².